The van der Waals surface area contributed by atoms with Crippen LogP contribution in [0.2, 0.25) is 0 Å². The Balaban J connectivity index is 2.77. The molecule has 1 aromatic carbocycles. The van der Waals surface area contributed by atoms with E-state index >= 15 is 0 Å². The molecule has 0 bridgehead atoms. The fraction of sp³-hybridized carbons (Fsp3) is 0. The summed E-state index contributed by atoms with van der Waals surface area (Å²) in [5.41, 5.74) is 12.2. The number of nitrogens with zero attached hydrogens (tertiary/aromatic N) is 1. The van der Waals surface area contributed by atoms with Crippen LogP contribution in [0.15, 0.2) is 12.1 Å². The van der Waals surface area contributed by atoms with Crippen molar-refractivity contribution in [1.82, 2.24) is 4.98 Å². The Kier molecular flexibility index (Phi) is 1.78. The number of rotatable bonds is 1. The lowest BCUT2D eigenvalue weighted by Crippen LogP contribution is -1.98. The van der Waals surface area contributed by atoms with Crippen molar-refractivity contribution in [2.45, 2.75) is 0 Å². The van der Waals surface area contributed by atoms with Gasteiger partial charge in [-0.2, -0.15) is 0 Å². The minimum atomic E-state index is -1.01. The number of thiazole rings is 1. The van der Waals surface area contributed by atoms with E-state index in [1.54, 1.807) is 0 Å². The van der Waals surface area contributed by atoms with Gasteiger partial charge in [-0.15, -0.1) is 0 Å². The summed E-state index contributed by atoms with van der Waals surface area (Å²) < 4.78 is 0.694. The largest absolute Gasteiger partial charge is 0.478 e. The Labute approximate surface area is 83.0 Å². The molecule has 5 N–H and O–H groups in total. The van der Waals surface area contributed by atoms with Gasteiger partial charge in [0, 0.05) is 0 Å². The standard InChI is InChI=1S/C8H7N3O2S/c9-4-1-3(7(12)13)2-5-6(4)11-8(10)14-5/h1-2H,9H2,(H2,10,11)(H,12,13). The van der Waals surface area contributed by atoms with Gasteiger partial charge in [-0.1, -0.05) is 11.3 Å². The van der Waals surface area contributed by atoms with E-state index in [-0.39, 0.29) is 5.56 Å². The molecule has 5 nitrogen and oxygen atoms in total. The molecule has 1 heterocycles. The lowest BCUT2D eigenvalue weighted by atomic mass is 10.2. The number of anilines is 2. The van der Waals surface area contributed by atoms with Gasteiger partial charge in [0.05, 0.1) is 16.0 Å². The van der Waals surface area contributed by atoms with Gasteiger partial charge in [0.15, 0.2) is 5.13 Å². The molecule has 0 saturated carbocycles. The summed E-state index contributed by atoms with van der Waals surface area (Å²) in [4.78, 5) is 14.7. The molecule has 0 atom stereocenters. The maximum atomic E-state index is 10.7. The van der Waals surface area contributed by atoms with Gasteiger partial charge in [-0.3, -0.25) is 0 Å². The maximum Gasteiger partial charge on any atom is 0.335 e. The summed E-state index contributed by atoms with van der Waals surface area (Å²) in [7, 11) is 0. The zero-order chi connectivity index (χ0) is 10.3. The number of benzene rings is 1. The Morgan fingerprint density at radius 2 is 2.14 bits per heavy atom. The molecule has 6 heteroatoms. The summed E-state index contributed by atoms with van der Waals surface area (Å²) in [5.74, 6) is -1.01. The summed E-state index contributed by atoms with van der Waals surface area (Å²) in [6, 6.07) is 2.89. The molecule has 1 aromatic heterocycles. The summed E-state index contributed by atoms with van der Waals surface area (Å²) in [6.07, 6.45) is 0. The minimum Gasteiger partial charge on any atom is -0.478 e. The van der Waals surface area contributed by atoms with Crippen molar-refractivity contribution in [2.24, 2.45) is 0 Å². The minimum absolute atomic E-state index is 0.152. The first kappa shape index (κ1) is 8.76. The third-order valence-corrected chi connectivity index (χ3v) is 2.62. The van der Waals surface area contributed by atoms with E-state index in [4.69, 9.17) is 16.6 Å². The van der Waals surface area contributed by atoms with Crippen molar-refractivity contribution in [3.05, 3.63) is 17.7 Å². The second kappa shape index (κ2) is 2.85. The highest BCUT2D eigenvalue weighted by Crippen LogP contribution is 2.29. The molecule has 0 amide bonds. The molecule has 0 saturated heterocycles. The number of aromatic nitrogens is 1. The van der Waals surface area contributed by atoms with Crippen LogP contribution in [0.3, 0.4) is 0 Å². The van der Waals surface area contributed by atoms with E-state index in [0.717, 1.165) is 0 Å². The SMILES string of the molecule is Nc1nc2c(N)cc(C(=O)O)cc2s1. The number of hydrogen-bond acceptors (Lipinski definition) is 5. The number of fused-ring (bicyclic) bond motifs is 1. The van der Waals surface area contributed by atoms with Gasteiger partial charge in [0.2, 0.25) is 0 Å². The molecule has 14 heavy (non-hydrogen) atoms. The van der Waals surface area contributed by atoms with Crippen molar-refractivity contribution >= 4 is 38.3 Å². The maximum absolute atomic E-state index is 10.7. The molecule has 0 fully saturated rings. The number of aromatic carboxylic acids is 1. The van der Waals surface area contributed by atoms with E-state index in [0.29, 0.717) is 21.0 Å². The van der Waals surface area contributed by atoms with E-state index in [1.165, 1.54) is 23.5 Å². The number of carbonyl (C=O) groups is 1. The van der Waals surface area contributed by atoms with E-state index in [2.05, 4.69) is 4.98 Å². The Hall–Kier alpha value is -1.82. The van der Waals surface area contributed by atoms with Gasteiger partial charge in [0.25, 0.3) is 0 Å². The second-order valence-corrected chi connectivity index (χ2v) is 3.83. The number of nitrogens with two attached hydrogens (primary N) is 2. The van der Waals surface area contributed by atoms with Crippen LogP contribution in [0.4, 0.5) is 10.8 Å². The predicted molar refractivity (Wildman–Crippen MR) is 55.4 cm³/mol. The fourth-order valence-electron chi connectivity index (χ4n) is 1.20. The van der Waals surface area contributed by atoms with Gasteiger partial charge in [-0.05, 0) is 12.1 Å². The monoisotopic (exact) mass is 209 g/mol. The molecular weight excluding hydrogens is 202 g/mol. The molecule has 0 aliphatic carbocycles. The van der Waals surface area contributed by atoms with Crippen LogP contribution in [0, 0.1) is 0 Å². The highest BCUT2D eigenvalue weighted by atomic mass is 32.1. The Morgan fingerprint density at radius 1 is 1.43 bits per heavy atom. The van der Waals surface area contributed by atoms with Crippen molar-refractivity contribution in [3.8, 4) is 0 Å². The van der Waals surface area contributed by atoms with E-state index < -0.39 is 5.97 Å². The summed E-state index contributed by atoms with van der Waals surface area (Å²) >= 11 is 1.22. The number of nitrogen functional groups attached to an aromatic ring is 2. The lowest BCUT2D eigenvalue weighted by molar-refractivity contribution is 0.0697. The van der Waals surface area contributed by atoms with Crippen molar-refractivity contribution < 1.29 is 9.90 Å². The topological polar surface area (TPSA) is 102 Å². The quantitative estimate of drug-likeness (QED) is 0.611. The summed E-state index contributed by atoms with van der Waals surface area (Å²) in [6.45, 7) is 0. The summed E-state index contributed by atoms with van der Waals surface area (Å²) in [5, 5.41) is 9.16. The molecule has 0 spiro atoms. The molecule has 0 aliphatic heterocycles. The van der Waals surface area contributed by atoms with Crippen LogP contribution >= 0.6 is 11.3 Å². The molecule has 2 aromatic rings. The average Bonchev–Trinajstić information content (AvgIpc) is 2.45. The van der Waals surface area contributed by atoms with Gasteiger partial charge >= 0.3 is 5.97 Å². The van der Waals surface area contributed by atoms with Crippen LogP contribution in [0.25, 0.3) is 10.2 Å². The van der Waals surface area contributed by atoms with Crippen LogP contribution in [-0.4, -0.2) is 16.1 Å². The van der Waals surface area contributed by atoms with Crippen molar-refractivity contribution in [2.75, 3.05) is 11.5 Å². The van der Waals surface area contributed by atoms with Crippen molar-refractivity contribution in [3.63, 3.8) is 0 Å². The molecule has 0 unspecified atom stereocenters. The molecule has 2 rings (SSSR count). The van der Waals surface area contributed by atoms with E-state index in [9.17, 15) is 4.79 Å². The first-order valence-electron chi connectivity index (χ1n) is 3.77. The Morgan fingerprint density at radius 3 is 2.79 bits per heavy atom. The first-order chi connectivity index (χ1) is 6.58. The average molecular weight is 209 g/mol. The predicted octanol–water partition coefficient (Wildman–Crippen LogP) is 1.16. The molecular formula is C8H7N3O2S. The number of carboxylic acids is 1. The van der Waals surface area contributed by atoms with Gasteiger partial charge < -0.3 is 16.6 Å². The van der Waals surface area contributed by atoms with Gasteiger partial charge in [-0.25, -0.2) is 9.78 Å². The zero-order valence-electron chi connectivity index (χ0n) is 7.02. The normalized spacial score (nSPS) is 10.6. The third-order valence-electron chi connectivity index (χ3n) is 1.79. The van der Waals surface area contributed by atoms with Crippen LogP contribution in [-0.2, 0) is 0 Å². The highest BCUT2D eigenvalue weighted by Gasteiger charge is 2.10. The highest BCUT2D eigenvalue weighted by molar-refractivity contribution is 7.22. The first-order valence-corrected chi connectivity index (χ1v) is 4.58. The van der Waals surface area contributed by atoms with Crippen LogP contribution in [0.1, 0.15) is 10.4 Å². The molecule has 0 radical (unpaired) electrons. The lowest BCUT2D eigenvalue weighted by Gasteiger charge is -1.97. The smallest absolute Gasteiger partial charge is 0.335 e. The van der Waals surface area contributed by atoms with Gasteiger partial charge in [0.1, 0.15) is 5.52 Å². The Bertz CT molecular complexity index is 521. The second-order valence-electron chi connectivity index (χ2n) is 2.77. The van der Waals surface area contributed by atoms with E-state index in [1.807, 2.05) is 0 Å². The number of carboxylic acid groups (broad SMARTS) is 1. The van der Waals surface area contributed by atoms with Crippen LogP contribution < -0.4 is 11.5 Å². The fourth-order valence-corrected chi connectivity index (χ4v) is 2.00. The number of hydrogen-bond donors (Lipinski definition) is 3. The third kappa shape index (κ3) is 1.25. The molecule has 72 valence electrons. The van der Waals surface area contributed by atoms with Crippen molar-refractivity contribution in [1.29, 1.82) is 0 Å². The van der Waals surface area contributed by atoms with Crippen LogP contribution in [0.5, 0.6) is 0 Å². The zero-order valence-corrected chi connectivity index (χ0v) is 7.84. The molecule has 0 aliphatic rings.